The molecule has 68 valence electrons. The summed E-state index contributed by atoms with van der Waals surface area (Å²) in [6.45, 7) is 1.09. The van der Waals surface area contributed by atoms with Crippen molar-refractivity contribution in [3.8, 4) is 5.75 Å². The van der Waals surface area contributed by atoms with Crippen LogP contribution in [0, 0.1) is 0 Å². The third kappa shape index (κ3) is 1.64. The Labute approximate surface area is 80.2 Å². The molecule has 2 rings (SSSR count). The molecule has 0 saturated heterocycles. The Balaban J connectivity index is 2.37. The van der Waals surface area contributed by atoms with Gasteiger partial charge in [0.1, 0.15) is 12.4 Å². The molecule has 0 spiro atoms. The maximum atomic E-state index is 5.47. The fourth-order valence-corrected chi connectivity index (χ4v) is 1.90. The normalized spacial score (nSPS) is 10.5. The molecule has 0 unspecified atom stereocenters. The molecule has 1 aromatic carbocycles. The molecule has 0 amide bonds. The fraction of sp³-hybridized carbons (Fsp3) is 0.222. The van der Waals surface area contributed by atoms with E-state index in [0.717, 1.165) is 16.0 Å². The van der Waals surface area contributed by atoms with Crippen LogP contribution >= 0.6 is 11.3 Å². The fourth-order valence-electron chi connectivity index (χ4n) is 1.14. The smallest absolute Gasteiger partial charge is 0.138 e. The van der Waals surface area contributed by atoms with Gasteiger partial charge in [0.15, 0.2) is 0 Å². The predicted octanol–water partition coefficient (Wildman–Crippen LogP) is 1.63. The van der Waals surface area contributed by atoms with Gasteiger partial charge in [-0.1, -0.05) is 6.07 Å². The quantitative estimate of drug-likeness (QED) is 0.808. The molecule has 1 heterocycles. The van der Waals surface area contributed by atoms with E-state index in [2.05, 4.69) is 4.98 Å². The van der Waals surface area contributed by atoms with Crippen molar-refractivity contribution >= 4 is 21.6 Å². The Morgan fingerprint density at radius 2 is 2.38 bits per heavy atom. The second-order valence-corrected chi connectivity index (χ2v) is 3.45. The number of hydrogen-bond donors (Lipinski definition) is 1. The van der Waals surface area contributed by atoms with Crippen molar-refractivity contribution in [1.82, 2.24) is 4.98 Å². The molecule has 4 heteroatoms. The van der Waals surface area contributed by atoms with Gasteiger partial charge in [0.05, 0.1) is 15.7 Å². The van der Waals surface area contributed by atoms with Gasteiger partial charge in [0.2, 0.25) is 0 Å². The number of rotatable bonds is 3. The SMILES string of the molecule is NCCOc1cccc2ncsc12. The first kappa shape index (κ1) is 8.47. The summed E-state index contributed by atoms with van der Waals surface area (Å²) in [4.78, 5) is 4.19. The van der Waals surface area contributed by atoms with Crippen LogP contribution in [0.15, 0.2) is 23.7 Å². The Bertz CT molecular complexity index is 399. The molecule has 3 nitrogen and oxygen atoms in total. The Kier molecular flexibility index (Phi) is 2.42. The molecule has 13 heavy (non-hydrogen) atoms. The summed E-state index contributed by atoms with van der Waals surface area (Å²) in [6.07, 6.45) is 0. The molecule has 0 atom stereocenters. The number of fused-ring (bicyclic) bond motifs is 1. The minimum atomic E-state index is 0.537. The topological polar surface area (TPSA) is 48.1 Å². The van der Waals surface area contributed by atoms with Gasteiger partial charge >= 0.3 is 0 Å². The average molecular weight is 194 g/mol. The van der Waals surface area contributed by atoms with Gasteiger partial charge in [-0.3, -0.25) is 0 Å². The van der Waals surface area contributed by atoms with Crippen molar-refractivity contribution in [2.24, 2.45) is 5.73 Å². The summed E-state index contributed by atoms with van der Waals surface area (Å²) in [7, 11) is 0. The molecule has 2 N–H and O–H groups in total. The standard InChI is InChI=1S/C9H10N2OS/c10-4-5-12-8-3-1-2-7-9(8)13-6-11-7/h1-3,6H,4-5,10H2. The lowest BCUT2D eigenvalue weighted by atomic mass is 10.3. The highest BCUT2D eigenvalue weighted by molar-refractivity contribution is 7.17. The van der Waals surface area contributed by atoms with Crippen molar-refractivity contribution in [2.45, 2.75) is 0 Å². The van der Waals surface area contributed by atoms with E-state index in [-0.39, 0.29) is 0 Å². The Morgan fingerprint density at radius 1 is 1.46 bits per heavy atom. The molecule has 0 aliphatic carbocycles. The molecule has 0 bridgehead atoms. The van der Waals surface area contributed by atoms with Crippen LogP contribution in [0.4, 0.5) is 0 Å². The van der Waals surface area contributed by atoms with Gasteiger partial charge in [-0.15, -0.1) is 11.3 Å². The second kappa shape index (κ2) is 3.72. The molecule has 2 aromatic rings. The summed E-state index contributed by atoms with van der Waals surface area (Å²) in [6, 6.07) is 5.85. The van der Waals surface area contributed by atoms with Crippen LogP contribution in [-0.4, -0.2) is 18.1 Å². The predicted molar refractivity (Wildman–Crippen MR) is 54.2 cm³/mol. The van der Waals surface area contributed by atoms with Crippen LogP contribution in [0.1, 0.15) is 0 Å². The van der Waals surface area contributed by atoms with E-state index in [4.69, 9.17) is 10.5 Å². The number of ether oxygens (including phenoxy) is 1. The zero-order valence-corrected chi connectivity index (χ0v) is 7.88. The molecule has 0 radical (unpaired) electrons. The first-order valence-electron chi connectivity index (χ1n) is 4.07. The van der Waals surface area contributed by atoms with Gasteiger partial charge in [-0.25, -0.2) is 4.98 Å². The lowest BCUT2D eigenvalue weighted by Gasteiger charge is -2.03. The minimum absolute atomic E-state index is 0.537. The molecule has 0 saturated carbocycles. The molecular formula is C9H10N2OS. The second-order valence-electron chi connectivity index (χ2n) is 2.59. The number of aromatic nitrogens is 1. The highest BCUT2D eigenvalue weighted by atomic mass is 32.1. The van der Waals surface area contributed by atoms with Crippen molar-refractivity contribution in [3.05, 3.63) is 23.7 Å². The van der Waals surface area contributed by atoms with E-state index < -0.39 is 0 Å². The lowest BCUT2D eigenvalue weighted by molar-refractivity contribution is 0.332. The number of nitrogens with two attached hydrogens (primary N) is 1. The maximum Gasteiger partial charge on any atom is 0.138 e. The van der Waals surface area contributed by atoms with Crippen molar-refractivity contribution < 1.29 is 4.74 Å². The Morgan fingerprint density at radius 3 is 3.23 bits per heavy atom. The van der Waals surface area contributed by atoms with E-state index in [9.17, 15) is 0 Å². The van der Waals surface area contributed by atoms with Crippen LogP contribution < -0.4 is 10.5 Å². The number of thiazole rings is 1. The van der Waals surface area contributed by atoms with Crippen LogP contribution in [0.25, 0.3) is 10.2 Å². The maximum absolute atomic E-state index is 5.47. The van der Waals surface area contributed by atoms with Gasteiger partial charge in [0.25, 0.3) is 0 Å². The van der Waals surface area contributed by atoms with Crippen molar-refractivity contribution in [1.29, 1.82) is 0 Å². The van der Waals surface area contributed by atoms with Crippen LogP contribution in [-0.2, 0) is 0 Å². The first-order valence-corrected chi connectivity index (χ1v) is 4.95. The first-order chi connectivity index (χ1) is 6.42. The zero-order valence-electron chi connectivity index (χ0n) is 7.06. The van der Waals surface area contributed by atoms with Gasteiger partial charge in [-0.05, 0) is 12.1 Å². The molecule has 1 aromatic heterocycles. The molecular weight excluding hydrogens is 184 g/mol. The van der Waals surface area contributed by atoms with E-state index in [1.807, 2.05) is 23.7 Å². The lowest BCUT2D eigenvalue weighted by Crippen LogP contribution is -2.10. The van der Waals surface area contributed by atoms with E-state index in [1.165, 1.54) is 0 Å². The number of benzene rings is 1. The molecule has 0 fully saturated rings. The minimum Gasteiger partial charge on any atom is -0.491 e. The van der Waals surface area contributed by atoms with Crippen LogP contribution in [0.2, 0.25) is 0 Å². The summed E-state index contributed by atoms with van der Waals surface area (Å²) >= 11 is 1.59. The molecule has 0 aliphatic heterocycles. The van der Waals surface area contributed by atoms with Gasteiger partial charge in [-0.2, -0.15) is 0 Å². The van der Waals surface area contributed by atoms with E-state index in [0.29, 0.717) is 13.2 Å². The van der Waals surface area contributed by atoms with Crippen LogP contribution in [0.5, 0.6) is 5.75 Å². The monoisotopic (exact) mass is 194 g/mol. The van der Waals surface area contributed by atoms with Gasteiger partial charge < -0.3 is 10.5 Å². The summed E-state index contributed by atoms with van der Waals surface area (Å²) in [5.74, 6) is 0.880. The average Bonchev–Trinajstić information content (AvgIpc) is 2.62. The zero-order chi connectivity index (χ0) is 9.10. The summed E-state index contributed by atoms with van der Waals surface area (Å²) in [5, 5.41) is 0. The van der Waals surface area contributed by atoms with Crippen molar-refractivity contribution in [3.63, 3.8) is 0 Å². The van der Waals surface area contributed by atoms with Crippen LogP contribution in [0.3, 0.4) is 0 Å². The Hall–Kier alpha value is -1.13. The number of nitrogens with zero attached hydrogens (tertiary/aromatic N) is 1. The third-order valence-electron chi connectivity index (χ3n) is 1.70. The largest absolute Gasteiger partial charge is 0.491 e. The third-order valence-corrected chi connectivity index (χ3v) is 2.55. The van der Waals surface area contributed by atoms with E-state index in [1.54, 1.807) is 11.3 Å². The molecule has 0 aliphatic rings. The van der Waals surface area contributed by atoms with Gasteiger partial charge in [0, 0.05) is 6.54 Å². The summed E-state index contributed by atoms with van der Waals surface area (Å²) in [5.41, 5.74) is 8.16. The number of hydrogen-bond acceptors (Lipinski definition) is 4. The van der Waals surface area contributed by atoms with Crippen molar-refractivity contribution in [2.75, 3.05) is 13.2 Å². The highest BCUT2D eigenvalue weighted by Crippen LogP contribution is 2.28. The summed E-state index contributed by atoms with van der Waals surface area (Å²) < 4.78 is 6.57. The highest BCUT2D eigenvalue weighted by Gasteiger charge is 2.02. The van der Waals surface area contributed by atoms with E-state index >= 15 is 0 Å².